The van der Waals surface area contributed by atoms with Crippen LogP contribution in [-0.2, 0) is 11.3 Å². The summed E-state index contributed by atoms with van der Waals surface area (Å²) in [5.74, 6) is -0.311. The lowest BCUT2D eigenvalue weighted by molar-refractivity contribution is -0.116. The van der Waals surface area contributed by atoms with Gasteiger partial charge in [0.15, 0.2) is 0 Å². The van der Waals surface area contributed by atoms with Gasteiger partial charge in [-0.15, -0.1) is 0 Å². The van der Waals surface area contributed by atoms with E-state index in [-0.39, 0.29) is 12.5 Å². The molecule has 0 saturated heterocycles. The summed E-state index contributed by atoms with van der Waals surface area (Å²) < 4.78 is 0. The largest absolute Gasteiger partial charge is 0.368 e. The van der Waals surface area contributed by atoms with E-state index in [2.05, 4.69) is 9.88 Å². The molecule has 0 unspecified atom stereocenters. The van der Waals surface area contributed by atoms with Crippen LogP contribution in [0.4, 0.5) is 5.69 Å². The van der Waals surface area contributed by atoms with Crippen LogP contribution < -0.4 is 16.4 Å². The van der Waals surface area contributed by atoms with Gasteiger partial charge < -0.3 is 16.4 Å². The van der Waals surface area contributed by atoms with Crippen LogP contribution in [0, 0.1) is 0 Å². The fourth-order valence-electron chi connectivity index (χ4n) is 2.64. The second-order valence-electron chi connectivity index (χ2n) is 4.71. The van der Waals surface area contributed by atoms with Gasteiger partial charge >= 0.3 is 0 Å². The molecule has 98 valence electrons. The quantitative estimate of drug-likeness (QED) is 0.806. The van der Waals surface area contributed by atoms with Gasteiger partial charge in [-0.25, -0.2) is 0 Å². The highest BCUT2D eigenvalue weighted by Crippen LogP contribution is 2.29. The second-order valence-corrected chi connectivity index (χ2v) is 4.71. The van der Waals surface area contributed by atoms with E-state index in [1.165, 1.54) is 12.8 Å². The number of carbonyl (C=O) groups excluding carboxylic acids is 1. The first kappa shape index (κ1) is 12.8. The predicted molar refractivity (Wildman–Crippen MR) is 70.9 cm³/mol. The third-order valence-electron chi connectivity index (χ3n) is 3.46. The Hall–Kier alpha value is -1.62. The first-order chi connectivity index (χ1) is 8.72. The maximum absolute atomic E-state index is 11.3. The van der Waals surface area contributed by atoms with Gasteiger partial charge in [-0.05, 0) is 25.0 Å². The van der Waals surface area contributed by atoms with Crippen LogP contribution in [0.2, 0.25) is 0 Å². The van der Waals surface area contributed by atoms with Crippen molar-refractivity contribution < 1.29 is 4.79 Å². The Labute approximate surface area is 107 Å². The Balaban J connectivity index is 2.29. The van der Waals surface area contributed by atoms with E-state index in [0.717, 1.165) is 24.2 Å². The van der Waals surface area contributed by atoms with Crippen LogP contribution in [0.1, 0.15) is 31.4 Å². The third-order valence-corrected chi connectivity index (χ3v) is 3.46. The number of hydrogen-bond donors (Lipinski definition) is 2. The molecule has 2 rings (SSSR count). The van der Waals surface area contributed by atoms with Gasteiger partial charge in [0.05, 0.1) is 17.9 Å². The summed E-state index contributed by atoms with van der Waals surface area (Å²) in [5.41, 5.74) is 12.8. The zero-order valence-electron chi connectivity index (χ0n) is 10.5. The van der Waals surface area contributed by atoms with Crippen LogP contribution in [0.25, 0.3) is 0 Å². The molecule has 1 heterocycles. The van der Waals surface area contributed by atoms with Gasteiger partial charge in [0.1, 0.15) is 0 Å². The lowest BCUT2D eigenvalue weighted by Crippen LogP contribution is -2.41. The summed E-state index contributed by atoms with van der Waals surface area (Å²) in [5, 5.41) is 0. The lowest BCUT2D eigenvalue weighted by atomic mass is 10.1. The van der Waals surface area contributed by atoms with Crippen LogP contribution in [0.3, 0.4) is 0 Å². The molecule has 1 saturated carbocycles. The van der Waals surface area contributed by atoms with Crippen LogP contribution in [0.5, 0.6) is 0 Å². The molecule has 18 heavy (non-hydrogen) atoms. The second kappa shape index (κ2) is 5.82. The van der Waals surface area contributed by atoms with Gasteiger partial charge in [-0.1, -0.05) is 12.8 Å². The third kappa shape index (κ3) is 2.79. The minimum atomic E-state index is -0.311. The number of carbonyl (C=O) groups is 1. The molecule has 1 aliphatic rings. The molecule has 0 aliphatic heterocycles. The number of primary amides is 1. The zero-order valence-corrected chi connectivity index (χ0v) is 10.5. The monoisotopic (exact) mass is 248 g/mol. The molecule has 0 atom stereocenters. The number of rotatable bonds is 5. The number of nitrogens with zero attached hydrogens (tertiary/aromatic N) is 2. The van der Waals surface area contributed by atoms with Gasteiger partial charge in [0.25, 0.3) is 0 Å². The molecule has 5 nitrogen and oxygen atoms in total. The first-order valence-corrected chi connectivity index (χ1v) is 6.41. The summed E-state index contributed by atoms with van der Waals surface area (Å²) in [4.78, 5) is 17.6. The summed E-state index contributed by atoms with van der Waals surface area (Å²) >= 11 is 0. The van der Waals surface area contributed by atoms with Crippen molar-refractivity contribution >= 4 is 11.6 Å². The van der Waals surface area contributed by atoms with E-state index in [4.69, 9.17) is 11.5 Å². The van der Waals surface area contributed by atoms with E-state index in [9.17, 15) is 4.79 Å². The molecule has 0 aromatic carbocycles. The van der Waals surface area contributed by atoms with Crippen molar-refractivity contribution in [1.29, 1.82) is 0 Å². The smallest absolute Gasteiger partial charge is 0.236 e. The number of amides is 1. The fraction of sp³-hybridized carbons (Fsp3) is 0.538. The maximum atomic E-state index is 11.3. The molecular formula is C13H20N4O. The average Bonchev–Trinajstić information content (AvgIpc) is 2.89. The minimum absolute atomic E-state index is 0.239. The van der Waals surface area contributed by atoms with E-state index < -0.39 is 0 Å². The molecule has 1 aromatic heterocycles. The standard InChI is InChI=1S/C13H20N4O/c14-8-11-12(6-3-7-16-11)17(9-13(15)18)10-4-1-2-5-10/h3,6-7,10H,1-2,4-5,8-9,14H2,(H2,15,18). The molecule has 4 N–H and O–H groups in total. The van der Waals surface area contributed by atoms with Crippen molar-refractivity contribution in [1.82, 2.24) is 4.98 Å². The first-order valence-electron chi connectivity index (χ1n) is 6.41. The van der Waals surface area contributed by atoms with E-state index >= 15 is 0 Å². The Morgan fingerprint density at radius 3 is 2.78 bits per heavy atom. The number of hydrogen-bond acceptors (Lipinski definition) is 4. The highest BCUT2D eigenvalue weighted by atomic mass is 16.1. The van der Waals surface area contributed by atoms with Gasteiger partial charge in [-0.3, -0.25) is 9.78 Å². The molecule has 0 radical (unpaired) electrons. The molecule has 5 heteroatoms. The van der Waals surface area contributed by atoms with Crippen molar-refractivity contribution in [2.45, 2.75) is 38.3 Å². The molecule has 1 amide bonds. The number of pyridine rings is 1. The molecule has 1 aromatic rings. The Kier molecular flexibility index (Phi) is 4.15. The summed E-state index contributed by atoms with van der Waals surface area (Å²) in [6, 6.07) is 4.22. The SMILES string of the molecule is NCc1ncccc1N(CC(N)=O)C1CCCC1. The van der Waals surface area contributed by atoms with E-state index in [0.29, 0.717) is 12.6 Å². The van der Waals surface area contributed by atoms with E-state index in [1.807, 2.05) is 12.1 Å². The molecule has 0 bridgehead atoms. The van der Waals surface area contributed by atoms with E-state index in [1.54, 1.807) is 6.20 Å². The Morgan fingerprint density at radius 2 is 2.17 bits per heavy atom. The van der Waals surface area contributed by atoms with Crippen molar-refractivity contribution in [3.05, 3.63) is 24.0 Å². The van der Waals surface area contributed by atoms with Crippen LogP contribution in [0.15, 0.2) is 18.3 Å². The van der Waals surface area contributed by atoms with Crippen molar-refractivity contribution in [2.24, 2.45) is 11.5 Å². The fourth-order valence-corrected chi connectivity index (χ4v) is 2.64. The van der Waals surface area contributed by atoms with Crippen molar-refractivity contribution in [2.75, 3.05) is 11.4 Å². The zero-order chi connectivity index (χ0) is 13.0. The number of anilines is 1. The highest BCUT2D eigenvalue weighted by Gasteiger charge is 2.25. The molecular weight excluding hydrogens is 228 g/mol. The Morgan fingerprint density at radius 1 is 1.44 bits per heavy atom. The normalized spacial score (nSPS) is 15.8. The van der Waals surface area contributed by atoms with Crippen LogP contribution in [-0.4, -0.2) is 23.5 Å². The van der Waals surface area contributed by atoms with Crippen molar-refractivity contribution in [3.63, 3.8) is 0 Å². The maximum Gasteiger partial charge on any atom is 0.236 e. The molecule has 0 spiro atoms. The minimum Gasteiger partial charge on any atom is -0.368 e. The Bertz CT molecular complexity index is 415. The van der Waals surface area contributed by atoms with Gasteiger partial charge in [0, 0.05) is 18.8 Å². The topological polar surface area (TPSA) is 85.2 Å². The summed E-state index contributed by atoms with van der Waals surface area (Å²) in [7, 11) is 0. The van der Waals surface area contributed by atoms with Gasteiger partial charge in [0.2, 0.25) is 5.91 Å². The van der Waals surface area contributed by atoms with Crippen molar-refractivity contribution in [3.8, 4) is 0 Å². The predicted octanol–water partition coefficient (Wildman–Crippen LogP) is 0.775. The highest BCUT2D eigenvalue weighted by molar-refractivity contribution is 5.80. The molecule has 1 fully saturated rings. The lowest BCUT2D eigenvalue weighted by Gasteiger charge is -2.31. The number of nitrogens with two attached hydrogens (primary N) is 2. The van der Waals surface area contributed by atoms with Gasteiger partial charge in [-0.2, -0.15) is 0 Å². The number of aromatic nitrogens is 1. The molecule has 1 aliphatic carbocycles. The average molecular weight is 248 g/mol. The summed E-state index contributed by atoms with van der Waals surface area (Å²) in [6.45, 7) is 0.613. The summed E-state index contributed by atoms with van der Waals surface area (Å²) in [6.07, 6.45) is 6.34. The van der Waals surface area contributed by atoms with Crippen LogP contribution >= 0.6 is 0 Å².